The number of ether oxygens (including phenoxy) is 4. The molecule has 19 heteroatoms. The van der Waals surface area contributed by atoms with Crippen molar-refractivity contribution in [1.29, 1.82) is 0 Å². The minimum atomic E-state index is -4.99. The maximum absolute atomic E-state index is 13.1. The first-order valence-corrected chi connectivity index (χ1v) is 40.4. The molecule has 0 aliphatic carbocycles. The van der Waals surface area contributed by atoms with Crippen molar-refractivity contribution in [3.63, 3.8) is 0 Å². The standard InChI is InChI=1S/C79H132O17P2/c1-5-9-13-17-21-25-29-32-35-36-39-41-45-48-52-56-60-64-77(82)90-70-75(96-79(84)66-62-58-54-50-46-42-38-34-31-27-23-19-15-11-7-3)72-94-98(87,88)92-68-73(80)67-91-97(85,86)93-71-74(95-78(83)65-61-57-53-49-43-28-24-20-16-12-8-4)69-89-76(81)63-59-55-51-47-44-40-37-33-30-26-22-18-14-10-6-2/h9-11,13-15,21-23,25-27,32-35,37-39,41,44,47,73-75,80H,5-8,12,16-20,24,28-31,36,40,42-43,45-46,48-72H2,1-4H3,(H,85,86)(H,87,88)/b13-9-,14-10-,15-11-,25-21-,26-22-,27-23-,35-32-,37-33-,38-34-,41-39-,47-44-. The Bertz CT molecular complexity index is 2380. The lowest BCUT2D eigenvalue weighted by Gasteiger charge is -2.21. The van der Waals surface area contributed by atoms with E-state index in [1.807, 2.05) is 0 Å². The monoisotopic (exact) mass is 1410 g/mol. The second-order valence-corrected chi connectivity index (χ2v) is 27.4. The zero-order chi connectivity index (χ0) is 71.8. The third kappa shape index (κ3) is 69.7. The molecule has 0 amide bonds. The molecule has 0 bridgehead atoms. The molecule has 3 N–H and O–H groups in total. The Kier molecular flexibility index (Phi) is 67.2. The molecule has 0 aromatic carbocycles. The number of aliphatic hydroxyl groups is 1. The van der Waals surface area contributed by atoms with Gasteiger partial charge in [-0.2, -0.15) is 0 Å². The number of hydrogen-bond acceptors (Lipinski definition) is 15. The van der Waals surface area contributed by atoms with Gasteiger partial charge in [-0.3, -0.25) is 37.3 Å². The summed E-state index contributed by atoms with van der Waals surface area (Å²) in [5.74, 6) is -2.27. The van der Waals surface area contributed by atoms with Gasteiger partial charge in [-0.25, -0.2) is 9.13 Å². The highest BCUT2D eigenvalue weighted by molar-refractivity contribution is 7.47. The highest BCUT2D eigenvalue weighted by Gasteiger charge is 2.30. The summed E-state index contributed by atoms with van der Waals surface area (Å²) in [6.07, 6.45) is 77.4. The third-order valence-electron chi connectivity index (χ3n) is 15.1. The molecule has 0 rings (SSSR count). The van der Waals surface area contributed by atoms with E-state index in [4.69, 9.17) is 37.0 Å². The SMILES string of the molecule is CC/C=C\C/C=C\C/C=C\C/C=C\CCCCCCC(=O)OCC(COP(=O)(O)OCC(O)COP(=O)(O)OCC(COC(=O)CCCC/C=C\C/C=C\C/C=C\C/C=C\CC)OC(=O)CCCCCCCCCCCCC)OC(=O)CCCCCCC/C=C\C/C=C\C/C=C\CC. The van der Waals surface area contributed by atoms with E-state index in [-0.39, 0.29) is 25.7 Å². The first-order chi connectivity index (χ1) is 47.7. The first kappa shape index (κ1) is 93.2. The number of unbranched alkanes of at least 4 members (excludes halogenated alkanes) is 21. The molecule has 0 aliphatic rings. The molecule has 98 heavy (non-hydrogen) atoms. The summed E-state index contributed by atoms with van der Waals surface area (Å²) < 4.78 is 68.3. The average molecular weight is 1420 g/mol. The molecular weight excluding hydrogens is 1280 g/mol. The molecule has 0 fully saturated rings. The maximum atomic E-state index is 13.1. The van der Waals surface area contributed by atoms with Crippen molar-refractivity contribution in [3.05, 3.63) is 134 Å². The number of rotatable bonds is 69. The molecule has 0 radical (unpaired) electrons. The predicted molar refractivity (Wildman–Crippen MR) is 399 cm³/mol. The zero-order valence-electron chi connectivity index (χ0n) is 60.9. The van der Waals surface area contributed by atoms with Gasteiger partial charge in [0.05, 0.1) is 26.4 Å². The van der Waals surface area contributed by atoms with Gasteiger partial charge in [0.25, 0.3) is 0 Å². The van der Waals surface area contributed by atoms with Gasteiger partial charge in [-0.15, -0.1) is 0 Å². The van der Waals surface area contributed by atoms with E-state index in [1.165, 1.54) is 38.5 Å². The van der Waals surface area contributed by atoms with Crippen LogP contribution in [0.4, 0.5) is 0 Å². The largest absolute Gasteiger partial charge is 0.472 e. The zero-order valence-corrected chi connectivity index (χ0v) is 62.7. The summed E-state index contributed by atoms with van der Waals surface area (Å²) in [5.41, 5.74) is 0. The van der Waals surface area contributed by atoms with Crippen molar-refractivity contribution in [2.75, 3.05) is 39.6 Å². The van der Waals surface area contributed by atoms with Gasteiger partial charge in [0.1, 0.15) is 19.3 Å². The average Bonchev–Trinajstić information content (AvgIpc) is 0.986. The molecule has 0 heterocycles. The van der Waals surface area contributed by atoms with Crippen LogP contribution in [0, 0.1) is 0 Å². The molecule has 0 aromatic heterocycles. The molecule has 17 nitrogen and oxygen atoms in total. The number of allylic oxidation sites excluding steroid dienone is 22. The molecule has 0 saturated heterocycles. The minimum Gasteiger partial charge on any atom is -0.462 e. The first-order valence-electron chi connectivity index (χ1n) is 37.4. The van der Waals surface area contributed by atoms with E-state index >= 15 is 0 Å². The lowest BCUT2D eigenvalue weighted by Crippen LogP contribution is -2.30. The number of esters is 4. The number of hydrogen-bond donors (Lipinski definition) is 3. The maximum Gasteiger partial charge on any atom is 0.472 e. The van der Waals surface area contributed by atoms with Crippen LogP contribution in [0.15, 0.2) is 134 Å². The fourth-order valence-corrected chi connectivity index (χ4v) is 11.1. The Hall–Kier alpha value is -4.80. The third-order valence-corrected chi connectivity index (χ3v) is 17.0. The van der Waals surface area contributed by atoms with Crippen LogP contribution in [0.3, 0.4) is 0 Å². The van der Waals surface area contributed by atoms with Crippen molar-refractivity contribution in [2.45, 2.75) is 303 Å². The van der Waals surface area contributed by atoms with Crippen molar-refractivity contribution < 1.29 is 80.2 Å². The van der Waals surface area contributed by atoms with E-state index < -0.39 is 97.5 Å². The number of phosphoric ester groups is 2. The van der Waals surface area contributed by atoms with Crippen molar-refractivity contribution in [3.8, 4) is 0 Å². The van der Waals surface area contributed by atoms with Crippen LogP contribution in [0.5, 0.6) is 0 Å². The van der Waals surface area contributed by atoms with Crippen LogP contribution >= 0.6 is 15.6 Å². The van der Waals surface area contributed by atoms with Crippen LogP contribution in [-0.4, -0.2) is 96.7 Å². The number of phosphoric acid groups is 2. The summed E-state index contributed by atoms with van der Waals surface area (Å²) >= 11 is 0. The van der Waals surface area contributed by atoms with E-state index in [1.54, 1.807) is 0 Å². The van der Waals surface area contributed by atoms with Crippen LogP contribution in [0.1, 0.15) is 285 Å². The van der Waals surface area contributed by atoms with E-state index in [2.05, 4.69) is 161 Å². The number of aliphatic hydroxyl groups excluding tert-OH is 1. The second-order valence-electron chi connectivity index (χ2n) is 24.5. The van der Waals surface area contributed by atoms with Crippen LogP contribution in [-0.2, 0) is 65.4 Å². The lowest BCUT2D eigenvalue weighted by atomic mass is 10.1. The second kappa shape index (κ2) is 70.6. The smallest absolute Gasteiger partial charge is 0.462 e. The van der Waals surface area contributed by atoms with Crippen LogP contribution in [0.25, 0.3) is 0 Å². The van der Waals surface area contributed by atoms with Gasteiger partial charge in [0, 0.05) is 25.7 Å². The van der Waals surface area contributed by atoms with E-state index in [9.17, 15) is 43.2 Å². The lowest BCUT2D eigenvalue weighted by molar-refractivity contribution is -0.161. The molecular formula is C79H132O17P2. The van der Waals surface area contributed by atoms with Gasteiger partial charge in [-0.05, 0) is 135 Å². The summed E-state index contributed by atoms with van der Waals surface area (Å²) in [5, 5.41) is 10.6. The Morgan fingerprint density at radius 3 is 0.837 bits per heavy atom. The molecule has 0 aromatic rings. The van der Waals surface area contributed by atoms with Crippen molar-refractivity contribution >= 4 is 39.5 Å². The topological polar surface area (TPSA) is 237 Å². The Morgan fingerprint density at radius 2 is 0.531 bits per heavy atom. The van der Waals surface area contributed by atoms with Gasteiger partial charge >= 0.3 is 39.5 Å². The number of carbonyl (C=O) groups excluding carboxylic acids is 4. The van der Waals surface area contributed by atoms with Gasteiger partial charge in [-0.1, -0.05) is 258 Å². The van der Waals surface area contributed by atoms with Gasteiger partial charge < -0.3 is 33.8 Å². The van der Waals surface area contributed by atoms with E-state index in [0.717, 1.165) is 167 Å². The molecule has 0 spiro atoms. The molecule has 0 aliphatic heterocycles. The Balaban J connectivity index is 5.40. The summed E-state index contributed by atoms with van der Waals surface area (Å²) in [6, 6.07) is 0. The predicted octanol–water partition coefficient (Wildman–Crippen LogP) is 21.3. The molecule has 5 atom stereocenters. The molecule has 5 unspecified atom stereocenters. The molecule has 0 saturated carbocycles. The van der Waals surface area contributed by atoms with E-state index in [0.29, 0.717) is 25.7 Å². The fourth-order valence-electron chi connectivity index (χ4n) is 9.51. The van der Waals surface area contributed by atoms with Crippen LogP contribution < -0.4 is 0 Å². The summed E-state index contributed by atoms with van der Waals surface area (Å²) in [4.78, 5) is 72.8. The summed E-state index contributed by atoms with van der Waals surface area (Å²) in [6.45, 7) is 4.42. The minimum absolute atomic E-state index is 0.0658. The number of carbonyl (C=O) groups is 4. The summed E-state index contributed by atoms with van der Waals surface area (Å²) in [7, 11) is -9.97. The fraction of sp³-hybridized carbons (Fsp3) is 0.671. The Labute approximate surface area is 593 Å². The Morgan fingerprint density at radius 1 is 0.296 bits per heavy atom. The van der Waals surface area contributed by atoms with Gasteiger partial charge in [0.15, 0.2) is 12.2 Å². The normalized spacial score (nSPS) is 14.7. The van der Waals surface area contributed by atoms with Crippen LogP contribution in [0.2, 0.25) is 0 Å². The molecule has 560 valence electrons. The van der Waals surface area contributed by atoms with Gasteiger partial charge in [0.2, 0.25) is 0 Å². The quantitative estimate of drug-likeness (QED) is 0.0169. The van der Waals surface area contributed by atoms with Crippen molar-refractivity contribution in [1.82, 2.24) is 0 Å². The van der Waals surface area contributed by atoms with Crippen molar-refractivity contribution in [2.24, 2.45) is 0 Å². The highest BCUT2D eigenvalue weighted by atomic mass is 31.2. The highest BCUT2D eigenvalue weighted by Crippen LogP contribution is 2.45.